The van der Waals surface area contributed by atoms with Crippen molar-refractivity contribution in [3.05, 3.63) is 65.6 Å². The Balaban J connectivity index is 1.70. The monoisotopic (exact) mass is 404 g/mol. The first-order chi connectivity index (χ1) is 14.5. The number of likely N-dealkylation sites (tertiary alicyclic amines) is 1. The fourth-order valence-corrected chi connectivity index (χ4v) is 3.97. The zero-order chi connectivity index (χ0) is 21.1. The highest BCUT2D eigenvalue weighted by molar-refractivity contribution is 6.35. The summed E-state index contributed by atoms with van der Waals surface area (Å²) in [6, 6.07) is 10.7. The third-order valence-corrected chi connectivity index (χ3v) is 5.40. The second-order valence-corrected chi connectivity index (χ2v) is 7.58. The maximum atomic E-state index is 13.4. The molecule has 1 fully saturated rings. The van der Waals surface area contributed by atoms with Crippen LogP contribution in [0.15, 0.2) is 54.5 Å². The first-order valence-electron chi connectivity index (χ1n) is 10.2. The topological polar surface area (TPSA) is 82.6 Å². The first kappa shape index (κ1) is 19.8. The van der Waals surface area contributed by atoms with Gasteiger partial charge in [0, 0.05) is 38.1 Å². The van der Waals surface area contributed by atoms with Gasteiger partial charge in [-0.15, -0.1) is 0 Å². The van der Waals surface area contributed by atoms with Gasteiger partial charge in [0.2, 0.25) is 5.91 Å². The Bertz CT molecular complexity index is 993. The van der Waals surface area contributed by atoms with Gasteiger partial charge in [-0.3, -0.25) is 24.3 Å². The molecule has 0 saturated carbocycles. The summed E-state index contributed by atoms with van der Waals surface area (Å²) in [6.07, 6.45) is 6.45. The van der Waals surface area contributed by atoms with E-state index >= 15 is 0 Å². The van der Waals surface area contributed by atoms with Crippen LogP contribution in [-0.4, -0.2) is 45.6 Å². The van der Waals surface area contributed by atoms with Gasteiger partial charge in [-0.05, 0) is 54.7 Å². The van der Waals surface area contributed by atoms with Crippen LogP contribution >= 0.6 is 0 Å². The van der Waals surface area contributed by atoms with Crippen LogP contribution in [0.25, 0.3) is 5.57 Å². The molecule has 1 saturated heterocycles. The summed E-state index contributed by atoms with van der Waals surface area (Å²) in [4.78, 5) is 45.4. The lowest BCUT2D eigenvalue weighted by molar-refractivity contribution is -0.138. The van der Waals surface area contributed by atoms with E-state index in [-0.39, 0.29) is 24.3 Å². The highest BCUT2D eigenvalue weighted by Crippen LogP contribution is 2.34. The van der Waals surface area contributed by atoms with Crippen LogP contribution in [0.4, 0.5) is 5.69 Å². The van der Waals surface area contributed by atoms with E-state index in [1.807, 2.05) is 4.90 Å². The zero-order valence-corrected chi connectivity index (χ0v) is 16.9. The smallest absolute Gasteiger partial charge is 0.278 e. The zero-order valence-electron chi connectivity index (χ0n) is 16.9. The minimum absolute atomic E-state index is 0.161. The number of rotatable bonds is 5. The van der Waals surface area contributed by atoms with Crippen molar-refractivity contribution in [3.8, 4) is 0 Å². The van der Waals surface area contributed by atoms with Crippen LogP contribution in [0, 0.1) is 0 Å². The van der Waals surface area contributed by atoms with Crippen molar-refractivity contribution in [1.29, 1.82) is 0 Å². The number of aromatic nitrogens is 1. The minimum atomic E-state index is -0.287. The Labute approximate surface area is 175 Å². The molecule has 4 rings (SSSR count). The van der Waals surface area contributed by atoms with Gasteiger partial charge in [0.05, 0.1) is 12.1 Å². The van der Waals surface area contributed by atoms with Crippen molar-refractivity contribution in [1.82, 2.24) is 14.8 Å². The normalized spacial score (nSPS) is 17.0. The molecule has 30 heavy (non-hydrogen) atoms. The number of piperidine rings is 1. The van der Waals surface area contributed by atoms with E-state index in [4.69, 9.17) is 0 Å². The van der Waals surface area contributed by atoms with Gasteiger partial charge < -0.3 is 10.2 Å². The lowest BCUT2D eigenvalue weighted by Gasteiger charge is -2.29. The molecule has 1 aromatic heterocycles. The van der Waals surface area contributed by atoms with Crippen LogP contribution in [0.2, 0.25) is 0 Å². The Morgan fingerprint density at radius 2 is 1.63 bits per heavy atom. The predicted octanol–water partition coefficient (Wildman–Crippen LogP) is 2.81. The summed E-state index contributed by atoms with van der Waals surface area (Å²) >= 11 is 0. The average molecular weight is 404 g/mol. The second-order valence-electron chi connectivity index (χ2n) is 7.58. The molecule has 0 aliphatic carbocycles. The summed E-state index contributed by atoms with van der Waals surface area (Å²) in [7, 11) is 0. The Morgan fingerprint density at radius 3 is 2.27 bits per heavy atom. The van der Waals surface area contributed by atoms with Crippen LogP contribution < -0.4 is 5.32 Å². The van der Waals surface area contributed by atoms with Gasteiger partial charge in [0.15, 0.2) is 0 Å². The minimum Gasteiger partial charge on any atom is -0.366 e. The van der Waals surface area contributed by atoms with Crippen LogP contribution in [0.5, 0.6) is 0 Å². The van der Waals surface area contributed by atoms with Crippen molar-refractivity contribution in [2.75, 3.05) is 18.4 Å². The number of hydrogen-bond acceptors (Lipinski definition) is 5. The Kier molecular flexibility index (Phi) is 5.61. The third-order valence-electron chi connectivity index (χ3n) is 5.40. The Hall–Kier alpha value is -3.48. The number of imide groups is 1. The molecule has 7 nitrogen and oxygen atoms in total. The molecule has 154 valence electrons. The van der Waals surface area contributed by atoms with Crippen LogP contribution in [0.1, 0.15) is 37.3 Å². The molecule has 1 N–H and O–H groups in total. The number of nitrogens with zero attached hydrogens (tertiary/aromatic N) is 3. The average Bonchev–Trinajstić information content (AvgIpc) is 3.00. The maximum Gasteiger partial charge on any atom is 0.278 e. The molecular weight excluding hydrogens is 380 g/mol. The number of anilines is 1. The molecule has 3 heterocycles. The largest absolute Gasteiger partial charge is 0.366 e. The Morgan fingerprint density at radius 1 is 0.967 bits per heavy atom. The number of nitrogens with one attached hydrogen (secondary N) is 1. The van der Waals surface area contributed by atoms with Gasteiger partial charge in [-0.25, -0.2) is 0 Å². The van der Waals surface area contributed by atoms with Gasteiger partial charge in [0.1, 0.15) is 5.70 Å². The molecule has 2 aromatic rings. The van der Waals surface area contributed by atoms with E-state index in [0.717, 1.165) is 37.9 Å². The first-order valence-corrected chi connectivity index (χ1v) is 10.2. The molecule has 0 unspecified atom stereocenters. The number of hydrogen-bond donors (Lipinski definition) is 1. The third kappa shape index (κ3) is 3.96. The maximum absolute atomic E-state index is 13.4. The summed E-state index contributed by atoms with van der Waals surface area (Å²) in [6.45, 7) is 3.20. The van der Waals surface area contributed by atoms with Gasteiger partial charge in [-0.1, -0.05) is 12.1 Å². The van der Waals surface area contributed by atoms with Crippen molar-refractivity contribution >= 4 is 29.0 Å². The highest BCUT2D eigenvalue weighted by atomic mass is 16.2. The van der Waals surface area contributed by atoms with E-state index in [9.17, 15) is 14.4 Å². The predicted molar refractivity (Wildman–Crippen MR) is 113 cm³/mol. The van der Waals surface area contributed by atoms with E-state index in [2.05, 4.69) is 10.3 Å². The van der Waals surface area contributed by atoms with E-state index < -0.39 is 0 Å². The molecule has 2 aliphatic rings. The number of carbonyl (C=O) groups excluding carboxylic acids is 3. The van der Waals surface area contributed by atoms with Crippen molar-refractivity contribution in [2.24, 2.45) is 0 Å². The summed E-state index contributed by atoms with van der Waals surface area (Å²) < 4.78 is 0. The molecule has 0 atom stereocenters. The van der Waals surface area contributed by atoms with Crippen molar-refractivity contribution < 1.29 is 14.4 Å². The molecule has 7 heteroatoms. The van der Waals surface area contributed by atoms with Crippen LogP contribution in [0.3, 0.4) is 0 Å². The van der Waals surface area contributed by atoms with Gasteiger partial charge in [-0.2, -0.15) is 0 Å². The molecule has 1 aromatic carbocycles. The molecule has 2 aliphatic heterocycles. The number of pyridine rings is 1. The molecule has 3 amide bonds. The van der Waals surface area contributed by atoms with E-state index in [0.29, 0.717) is 22.5 Å². The van der Waals surface area contributed by atoms with E-state index in [1.54, 1.807) is 48.8 Å². The summed E-state index contributed by atoms with van der Waals surface area (Å²) in [5.74, 6) is -0.698. The summed E-state index contributed by atoms with van der Waals surface area (Å²) in [5.41, 5.74) is 3.11. The lowest BCUT2D eigenvalue weighted by Crippen LogP contribution is -2.36. The number of benzene rings is 1. The SMILES string of the molecule is CC(=O)Nc1ccc(C2=C(N3CCCCC3)C(=O)N(Cc3ccncc3)C2=O)cc1. The highest BCUT2D eigenvalue weighted by Gasteiger charge is 2.41. The van der Waals surface area contributed by atoms with E-state index in [1.165, 1.54) is 11.8 Å². The number of carbonyl (C=O) groups is 3. The molecule has 0 spiro atoms. The van der Waals surface area contributed by atoms with Crippen molar-refractivity contribution in [2.45, 2.75) is 32.7 Å². The van der Waals surface area contributed by atoms with Crippen molar-refractivity contribution in [3.63, 3.8) is 0 Å². The second kappa shape index (κ2) is 8.49. The fourth-order valence-electron chi connectivity index (χ4n) is 3.97. The molecule has 0 bridgehead atoms. The molecule has 0 radical (unpaired) electrons. The molecular formula is C23H24N4O3. The standard InChI is InChI=1S/C23H24N4O3/c1-16(28)25-19-7-5-18(6-8-19)20-21(26-13-3-2-4-14-26)23(30)27(22(20)29)15-17-9-11-24-12-10-17/h5-12H,2-4,13-15H2,1H3,(H,25,28). The van der Waals surface area contributed by atoms with Gasteiger partial charge >= 0.3 is 0 Å². The summed E-state index contributed by atoms with van der Waals surface area (Å²) in [5, 5.41) is 2.72. The van der Waals surface area contributed by atoms with Crippen LogP contribution in [-0.2, 0) is 20.9 Å². The number of amides is 3. The lowest BCUT2D eigenvalue weighted by atomic mass is 10.0. The quantitative estimate of drug-likeness (QED) is 0.775. The fraction of sp³-hybridized carbons (Fsp3) is 0.304. The van der Waals surface area contributed by atoms with Gasteiger partial charge in [0.25, 0.3) is 11.8 Å².